The molecule has 2 rings (SSSR count). The molecule has 2 N–H and O–H groups in total. The molecule has 98 valence electrons. The molecule has 1 aliphatic carbocycles. The van der Waals surface area contributed by atoms with Gasteiger partial charge in [0.15, 0.2) is 0 Å². The maximum atomic E-state index is 11.6. The van der Waals surface area contributed by atoms with Crippen LogP contribution in [0.3, 0.4) is 0 Å². The minimum absolute atomic E-state index is 0.0410. The van der Waals surface area contributed by atoms with Crippen LogP contribution in [0.1, 0.15) is 12.8 Å². The van der Waals surface area contributed by atoms with Gasteiger partial charge in [0.05, 0.1) is 18.4 Å². The van der Waals surface area contributed by atoms with E-state index >= 15 is 0 Å². The average Bonchev–Trinajstić information content (AvgIpc) is 3.13. The van der Waals surface area contributed by atoms with Crippen LogP contribution >= 0.6 is 0 Å². The maximum absolute atomic E-state index is 11.6. The van der Waals surface area contributed by atoms with Crippen molar-refractivity contribution in [1.82, 2.24) is 10.3 Å². The van der Waals surface area contributed by atoms with Gasteiger partial charge in [0.1, 0.15) is 5.82 Å². The zero-order valence-electron chi connectivity index (χ0n) is 10.9. The van der Waals surface area contributed by atoms with Gasteiger partial charge in [-0.3, -0.25) is 4.79 Å². The van der Waals surface area contributed by atoms with Crippen LogP contribution in [0.15, 0.2) is 18.3 Å². The van der Waals surface area contributed by atoms with Gasteiger partial charge >= 0.3 is 0 Å². The van der Waals surface area contributed by atoms with E-state index in [1.165, 1.54) is 12.8 Å². The Kier molecular flexibility index (Phi) is 4.15. The predicted molar refractivity (Wildman–Crippen MR) is 72.8 cm³/mol. The molecule has 1 aromatic rings. The molecule has 0 spiro atoms. The van der Waals surface area contributed by atoms with Gasteiger partial charge < -0.3 is 15.5 Å². The van der Waals surface area contributed by atoms with Crippen molar-refractivity contribution in [2.24, 2.45) is 5.92 Å². The third kappa shape index (κ3) is 4.00. The fourth-order valence-corrected chi connectivity index (χ4v) is 1.62. The molecule has 0 bridgehead atoms. The summed E-state index contributed by atoms with van der Waals surface area (Å²) in [7, 11) is 3.91. The Morgan fingerprint density at radius 2 is 2.22 bits per heavy atom. The summed E-state index contributed by atoms with van der Waals surface area (Å²) in [4.78, 5) is 17.8. The topological polar surface area (TPSA) is 57.3 Å². The third-order valence-corrected chi connectivity index (χ3v) is 2.95. The van der Waals surface area contributed by atoms with Crippen molar-refractivity contribution < 1.29 is 4.79 Å². The summed E-state index contributed by atoms with van der Waals surface area (Å²) in [5, 5.41) is 5.92. The second kappa shape index (κ2) is 5.82. The minimum atomic E-state index is -0.0410. The van der Waals surface area contributed by atoms with E-state index in [1.807, 2.05) is 31.1 Å². The highest BCUT2D eigenvalue weighted by Crippen LogP contribution is 2.27. The van der Waals surface area contributed by atoms with Gasteiger partial charge in [-0.15, -0.1) is 0 Å². The molecule has 0 aromatic carbocycles. The number of rotatable bonds is 6. The van der Waals surface area contributed by atoms with Crippen LogP contribution in [0.4, 0.5) is 11.5 Å². The molecule has 1 saturated carbocycles. The Balaban J connectivity index is 1.75. The molecule has 0 unspecified atom stereocenters. The van der Waals surface area contributed by atoms with Crippen LogP contribution in [0.2, 0.25) is 0 Å². The first-order chi connectivity index (χ1) is 8.65. The van der Waals surface area contributed by atoms with Gasteiger partial charge in [0.25, 0.3) is 0 Å². The van der Waals surface area contributed by atoms with Gasteiger partial charge in [-0.1, -0.05) is 0 Å². The van der Waals surface area contributed by atoms with E-state index in [9.17, 15) is 4.79 Å². The van der Waals surface area contributed by atoms with Gasteiger partial charge in [-0.2, -0.15) is 0 Å². The number of carbonyl (C=O) groups excluding carboxylic acids is 1. The molecule has 18 heavy (non-hydrogen) atoms. The van der Waals surface area contributed by atoms with E-state index in [4.69, 9.17) is 0 Å². The standard InChI is InChI=1S/C13H20N4O/c1-17(2)11-5-6-12(15-8-11)16-13(18)9-14-7-10-3-4-10/h5-6,8,10,14H,3-4,7,9H2,1-2H3,(H,15,16,18). The highest BCUT2D eigenvalue weighted by atomic mass is 16.1. The number of pyridine rings is 1. The summed E-state index contributed by atoms with van der Waals surface area (Å²) in [6, 6.07) is 3.74. The van der Waals surface area contributed by atoms with E-state index in [2.05, 4.69) is 15.6 Å². The van der Waals surface area contributed by atoms with Crippen LogP contribution < -0.4 is 15.5 Å². The van der Waals surface area contributed by atoms with Crippen LogP contribution in [0.25, 0.3) is 0 Å². The summed E-state index contributed by atoms with van der Waals surface area (Å²) in [6.07, 6.45) is 4.33. The van der Waals surface area contributed by atoms with E-state index in [0.717, 1.165) is 18.2 Å². The monoisotopic (exact) mass is 248 g/mol. The van der Waals surface area contributed by atoms with Crippen LogP contribution in [0.5, 0.6) is 0 Å². The lowest BCUT2D eigenvalue weighted by Gasteiger charge is -2.12. The number of hydrogen-bond donors (Lipinski definition) is 2. The number of nitrogens with zero attached hydrogens (tertiary/aromatic N) is 2. The second-order valence-corrected chi connectivity index (χ2v) is 4.92. The molecule has 1 heterocycles. The summed E-state index contributed by atoms with van der Waals surface area (Å²) in [5.41, 5.74) is 1.01. The van der Waals surface area contributed by atoms with E-state index in [-0.39, 0.29) is 5.91 Å². The third-order valence-electron chi connectivity index (χ3n) is 2.95. The molecule has 0 saturated heterocycles. The number of anilines is 2. The van der Waals surface area contributed by atoms with Gasteiger partial charge in [-0.25, -0.2) is 4.98 Å². The highest BCUT2D eigenvalue weighted by Gasteiger charge is 2.20. The molecule has 0 aliphatic heterocycles. The summed E-state index contributed by atoms with van der Waals surface area (Å²) < 4.78 is 0. The largest absolute Gasteiger partial charge is 0.376 e. The zero-order chi connectivity index (χ0) is 13.0. The number of hydrogen-bond acceptors (Lipinski definition) is 4. The quantitative estimate of drug-likeness (QED) is 0.791. The summed E-state index contributed by atoms with van der Waals surface area (Å²) >= 11 is 0. The van der Waals surface area contributed by atoms with Crippen LogP contribution in [-0.4, -0.2) is 38.1 Å². The molecule has 1 fully saturated rings. The Morgan fingerprint density at radius 3 is 2.78 bits per heavy atom. The fourth-order valence-electron chi connectivity index (χ4n) is 1.62. The molecule has 5 nitrogen and oxygen atoms in total. The van der Waals surface area contributed by atoms with Crippen molar-refractivity contribution in [3.63, 3.8) is 0 Å². The first-order valence-corrected chi connectivity index (χ1v) is 6.29. The number of carbonyl (C=O) groups is 1. The molecule has 1 aliphatic rings. The van der Waals surface area contributed by atoms with Gasteiger partial charge in [0.2, 0.25) is 5.91 Å². The fraction of sp³-hybridized carbons (Fsp3) is 0.538. The van der Waals surface area contributed by atoms with Crippen molar-refractivity contribution in [2.45, 2.75) is 12.8 Å². The Hall–Kier alpha value is -1.62. The SMILES string of the molecule is CN(C)c1ccc(NC(=O)CNCC2CC2)nc1. The van der Waals surface area contributed by atoms with Crippen molar-refractivity contribution >= 4 is 17.4 Å². The minimum Gasteiger partial charge on any atom is -0.376 e. The van der Waals surface area contributed by atoms with E-state index < -0.39 is 0 Å². The number of amides is 1. The van der Waals surface area contributed by atoms with Crippen LogP contribution in [-0.2, 0) is 4.79 Å². The smallest absolute Gasteiger partial charge is 0.239 e. The van der Waals surface area contributed by atoms with Crippen molar-refractivity contribution in [2.75, 3.05) is 37.4 Å². The van der Waals surface area contributed by atoms with E-state index in [0.29, 0.717) is 12.4 Å². The zero-order valence-corrected chi connectivity index (χ0v) is 10.9. The highest BCUT2D eigenvalue weighted by molar-refractivity contribution is 5.91. The molecular formula is C13H20N4O. The Bertz CT molecular complexity index is 398. The first kappa shape index (κ1) is 12.8. The first-order valence-electron chi connectivity index (χ1n) is 6.29. The van der Waals surface area contributed by atoms with Crippen LogP contribution in [0, 0.1) is 5.92 Å². The summed E-state index contributed by atoms with van der Waals surface area (Å²) in [6.45, 7) is 1.30. The molecule has 1 aromatic heterocycles. The molecule has 5 heteroatoms. The molecule has 1 amide bonds. The number of nitrogens with one attached hydrogen (secondary N) is 2. The lowest BCUT2D eigenvalue weighted by Crippen LogP contribution is -2.29. The van der Waals surface area contributed by atoms with Gasteiger partial charge in [0, 0.05) is 14.1 Å². The normalized spacial score (nSPS) is 14.3. The lowest BCUT2D eigenvalue weighted by molar-refractivity contribution is -0.115. The van der Waals surface area contributed by atoms with E-state index in [1.54, 1.807) is 6.20 Å². The Labute approximate surface area is 108 Å². The van der Waals surface area contributed by atoms with Crippen molar-refractivity contribution in [1.29, 1.82) is 0 Å². The van der Waals surface area contributed by atoms with Crippen molar-refractivity contribution in [3.05, 3.63) is 18.3 Å². The Morgan fingerprint density at radius 1 is 1.44 bits per heavy atom. The number of aromatic nitrogens is 1. The predicted octanol–water partition coefficient (Wildman–Crippen LogP) is 1.09. The van der Waals surface area contributed by atoms with Gasteiger partial charge in [-0.05, 0) is 37.4 Å². The summed E-state index contributed by atoms with van der Waals surface area (Å²) in [5.74, 6) is 1.34. The maximum Gasteiger partial charge on any atom is 0.239 e. The molecule has 0 atom stereocenters. The van der Waals surface area contributed by atoms with Crippen molar-refractivity contribution in [3.8, 4) is 0 Å². The molecular weight excluding hydrogens is 228 g/mol. The molecule has 0 radical (unpaired) electrons. The second-order valence-electron chi connectivity index (χ2n) is 4.92. The average molecular weight is 248 g/mol. The lowest BCUT2D eigenvalue weighted by atomic mass is 10.4.